The number of nitrogens with one attached hydrogen (secondary N) is 1. The topological polar surface area (TPSA) is 35.8 Å². The lowest BCUT2D eigenvalue weighted by Crippen LogP contribution is -2.50. The van der Waals surface area contributed by atoms with Crippen LogP contribution in [0.25, 0.3) is 0 Å². The fourth-order valence-electron chi connectivity index (χ4n) is 2.90. The molecule has 2 heteroatoms. The summed E-state index contributed by atoms with van der Waals surface area (Å²) in [7, 11) is 0. The largest absolute Gasteiger partial charge is 0.297 e. The number of hydrogen-bond donors (Lipinski definition) is 1. The Morgan fingerprint density at radius 2 is 1.69 bits per heavy atom. The highest BCUT2D eigenvalue weighted by Gasteiger charge is 2.30. The summed E-state index contributed by atoms with van der Waals surface area (Å²) >= 11 is 0. The molecule has 0 atom stereocenters. The number of nitrogens with zero attached hydrogens (tertiary/aromatic N) is 1. The van der Waals surface area contributed by atoms with Crippen LogP contribution in [-0.4, -0.2) is 11.6 Å². The maximum absolute atomic E-state index is 9.46. The molecule has 92 valence electrons. The fraction of sp³-hybridized carbons (Fsp3) is 0.929. The van der Waals surface area contributed by atoms with Crippen molar-refractivity contribution in [2.24, 2.45) is 0 Å². The van der Waals surface area contributed by atoms with E-state index in [4.69, 9.17) is 0 Å². The molecule has 0 aromatic carbocycles. The van der Waals surface area contributed by atoms with E-state index in [0.717, 1.165) is 25.7 Å². The van der Waals surface area contributed by atoms with E-state index in [2.05, 4.69) is 25.2 Å². The Hall–Kier alpha value is -0.550. The summed E-state index contributed by atoms with van der Waals surface area (Å²) in [5, 5.41) is 13.1. The van der Waals surface area contributed by atoms with Gasteiger partial charge in [0.25, 0.3) is 0 Å². The van der Waals surface area contributed by atoms with Gasteiger partial charge in [0.05, 0.1) is 6.07 Å². The average Bonchev–Trinajstić information content (AvgIpc) is 2.31. The first kappa shape index (κ1) is 13.5. The van der Waals surface area contributed by atoms with Crippen LogP contribution in [0.3, 0.4) is 0 Å². The van der Waals surface area contributed by atoms with E-state index in [-0.39, 0.29) is 5.54 Å². The van der Waals surface area contributed by atoms with Crippen molar-refractivity contribution in [3.8, 4) is 6.07 Å². The van der Waals surface area contributed by atoms with Gasteiger partial charge in [0.2, 0.25) is 0 Å². The lowest BCUT2D eigenvalue weighted by atomic mass is 9.86. The first-order chi connectivity index (χ1) is 7.76. The minimum Gasteiger partial charge on any atom is -0.297 e. The first-order valence-electron chi connectivity index (χ1n) is 6.95. The zero-order valence-corrected chi connectivity index (χ0v) is 10.9. The van der Waals surface area contributed by atoms with Gasteiger partial charge >= 0.3 is 0 Å². The SMILES string of the molecule is CCCC(C#N)(CCC)NC1CCCCC1. The van der Waals surface area contributed by atoms with Crippen molar-refractivity contribution in [2.75, 3.05) is 0 Å². The Balaban J connectivity index is 2.56. The second-order valence-corrected chi connectivity index (χ2v) is 5.17. The molecule has 16 heavy (non-hydrogen) atoms. The molecule has 0 spiro atoms. The Kier molecular flexibility index (Phi) is 5.84. The standard InChI is InChI=1S/C14H26N2/c1-3-10-14(12-15,11-4-2)16-13-8-6-5-7-9-13/h13,16H,3-11H2,1-2H3. The lowest BCUT2D eigenvalue weighted by molar-refractivity contribution is 0.267. The molecule has 1 N–H and O–H groups in total. The van der Waals surface area contributed by atoms with Crippen LogP contribution in [0.1, 0.15) is 71.6 Å². The molecule has 0 aliphatic heterocycles. The van der Waals surface area contributed by atoms with E-state index in [1.807, 2.05) is 0 Å². The van der Waals surface area contributed by atoms with Crippen LogP contribution < -0.4 is 5.32 Å². The maximum atomic E-state index is 9.46. The fourth-order valence-corrected chi connectivity index (χ4v) is 2.90. The van der Waals surface area contributed by atoms with Crippen LogP contribution in [0.5, 0.6) is 0 Å². The molecule has 2 nitrogen and oxygen atoms in total. The Morgan fingerprint density at radius 1 is 1.12 bits per heavy atom. The quantitative estimate of drug-likeness (QED) is 0.742. The third-order valence-electron chi connectivity index (χ3n) is 3.65. The summed E-state index contributed by atoms with van der Waals surface area (Å²) < 4.78 is 0. The highest BCUT2D eigenvalue weighted by atomic mass is 15.0. The van der Waals surface area contributed by atoms with Gasteiger partial charge in [0.15, 0.2) is 0 Å². The summed E-state index contributed by atoms with van der Waals surface area (Å²) in [4.78, 5) is 0. The molecule has 1 saturated carbocycles. The van der Waals surface area contributed by atoms with Gasteiger partial charge in [-0.1, -0.05) is 46.0 Å². The van der Waals surface area contributed by atoms with E-state index < -0.39 is 0 Å². The van der Waals surface area contributed by atoms with Crippen molar-refractivity contribution < 1.29 is 0 Å². The van der Waals surface area contributed by atoms with Crippen LogP contribution in [0.2, 0.25) is 0 Å². The van der Waals surface area contributed by atoms with Gasteiger partial charge in [-0.05, 0) is 25.7 Å². The van der Waals surface area contributed by atoms with Crippen molar-refractivity contribution in [3.63, 3.8) is 0 Å². The molecule has 0 bridgehead atoms. The second kappa shape index (κ2) is 6.91. The zero-order chi connectivity index (χ0) is 11.9. The zero-order valence-electron chi connectivity index (χ0n) is 10.9. The molecule has 0 aromatic heterocycles. The van der Waals surface area contributed by atoms with Gasteiger partial charge in [-0.3, -0.25) is 5.32 Å². The summed E-state index contributed by atoms with van der Waals surface area (Å²) in [5.41, 5.74) is -0.245. The van der Waals surface area contributed by atoms with Crippen molar-refractivity contribution >= 4 is 0 Å². The molecule has 0 radical (unpaired) electrons. The van der Waals surface area contributed by atoms with Gasteiger partial charge in [-0.2, -0.15) is 5.26 Å². The predicted molar refractivity (Wildman–Crippen MR) is 68.2 cm³/mol. The molecule has 0 amide bonds. The van der Waals surface area contributed by atoms with E-state index in [1.54, 1.807) is 0 Å². The van der Waals surface area contributed by atoms with Gasteiger partial charge in [0.1, 0.15) is 5.54 Å². The van der Waals surface area contributed by atoms with E-state index >= 15 is 0 Å². The number of rotatable bonds is 6. The molecular formula is C14H26N2. The minimum absolute atomic E-state index is 0.245. The average molecular weight is 222 g/mol. The molecule has 0 unspecified atom stereocenters. The lowest BCUT2D eigenvalue weighted by Gasteiger charge is -2.34. The van der Waals surface area contributed by atoms with Crippen LogP contribution >= 0.6 is 0 Å². The van der Waals surface area contributed by atoms with Crippen molar-refractivity contribution in [1.29, 1.82) is 5.26 Å². The van der Waals surface area contributed by atoms with Crippen LogP contribution in [0.4, 0.5) is 0 Å². The molecule has 1 aliphatic rings. The van der Waals surface area contributed by atoms with Gasteiger partial charge in [0, 0.05) is 6.04 Å². The van der Waals surface area contributed by atoms with Gasteiger partial charge < -0.3 is 0 Å². The predicted octanol–water partition coefficient (Wildman–Crippen LogP) is 3.77. The molecule has 1 fully saturated rings. The summed E-state index contributed by atoms with van der Waals surface area (Å²) in [6, 6.07) is 3.14. The van der Waals surface area contributed by atoms with E-state index in [0.29, 0.717) is 6.04 Å². The van der Waals surface area contributed by atoms with Crippen molar-refractivity contribution in [3.05, 3.63) is 0 Å². The molecule has 0 saturated heterocycles. The second-order valence-electron chi connectivity index (χ2n) is 5.17. The number of nitriles is 1. The molecule has 1 aliphatic carbocycles. The summed E-state index contributed by atoms with van der Waals surface area (Å²) in [5.74, 6) is 0. The molecule has 0 aromatic rings. The first-order valence-corrected chi connectivity index (χ1v) is 6.95. The third kappa shape index (κ3) is 3.79. The normalized spacial score (nSPS) is 18.3. The third-order valence-corrected chi connectivity index (χ3v) is 3.65. The maximum Gasteiger partial charge on any atom is 0.106 e. The molecule has 1 rings (SSSR count). The summed E-state index contributed by atoms with van der Waals surface area (Å²) in [6.45, 7) is 4.34. The monoisotopic (exact) mass is 222 g/mol. The smallest absolute Gasteiger partial charge is 0.106 e. The summed E-state index contributed by atoms with van der Waals surface area (Å²) in [6.07, 6.45) is 10.7. The Bertz CT molecular complexity index is 217. The Labute approximate surface area is 100 Å². The van der Waals surface area contributed by atoms with Crippen LogP contribution in [0.15, 0.2) is 0 Å². The van der Waals surface area contributed by atoms with Gasteiger partial charge in [-0.25, -0.2) is 0 Å². The minimum atomic E-state index is -0.245. The molecule has 0 heterocycles. The molecular weight excluding hydrogens is 196 g/mol. The van der Waals surface area contributed by atoms with Crippen LogP contribution in [-0.2, 0) is 0 Å². The van der Waals surface area contributed by atoms with E-state index in [9.17, 15) is 5.26 Å². The number of hydrogen-bond acceptors (Lipinski definition) is 2. The van der Waals surface area contributed by atoms with Crippen LogP contribution in [0, 0.1) is 11.3 Å². The van der Waals surface area contributed by atoms with E-state index in [1.165, 1.54) is 32.1 Å². The highest BCUT2D eigenvalue weighted by Crippen LogP contribution is 2.24. The Morgan fingerprint density at radius 3 is 2.12 bits per heavy atom. The van der Waals surface area contributed by atoms with Crippen molar-refractivity contribution in [1.82, 2.24) is 5.32 Å². The van der Waals surface area contributed by atoms with Crippen molar-refractivity contribution in [2.45, 2.75) is 83.2 Å². The van der Waals surface area contributed by atoms with Gasteiger partial charge in [-0.15, -0.1) is 0 Å². The highest BCUT2D eigenvalue weighted by molar-refractivity contribution is 5.08.